The van der Waals surface area contributed by atoms with Gasteiger partial charge in [0.2, 0.25) is 10.0 Å². The molecule has 0 aliphatic rings. The van der Waals surface area contributed by atoms with Crippen LogP contribution in [-0.4, -0.2) is 14.7 Å². The third kappa shape index (κ3) is 2.77. The maximum atomic E-state index is 12.2. The average molecular weight is 290 g/mol. The van der Waals surface area contributed by atoms with Gasteiger partial charge >= 0.3 is 0 Å². The summed E-state index contributed by atoms with van der Waals surface area (Å²) >= 11 is 0. The smallest absolute Gasteiger partial charge is 0.236 e. The highest BCUT2D eigenvalue weighted by atomic mass is 32.2. The van der Waals surface area contributed by atoms with Crippen LogP contribution in [0.4, 0.5) is 17.1 Å². The summed E-state index contributed by atoms with van der Waals surface area (Å²) in [6.45, 7) is 3.81. The number of hydrogen-bond acceptors (Lipinski definition) is 3. The lowest BCUT2D eigenvalue weighted by atomic mass is 10.1. The second-order valence-corrected chi connectivity index (χ2v) is 6.71. The first kappa shape index (κ1) is 14.4. The lowest BCUT2D eigenvalue weighted by molar-refractivity contribution is 0.602. The molecule has 0 amide bonds. The van der Waals surface area contributed by atoms with E-state index in [9.17, 15) is 8.42 Å². The van der Waals surface area contributed by atoms with Gasteiger partial charge in [-0.2, -0.15) is 0 Å². The summed E-state index contributed by atoms with van der Waals surface area (Å²) in [6, 6.07) is 12.7. The molecule has 0 aliphatic heterocycles. The number of benzene rings is 2. The summed E-state index contributed by atoms with van der Waals surface area (Å²) in [6.07, 6.45) is 1.18. The van der Waals surface area contributed by atoms with Crippen molar-refractivity contribution in [1.29, 1.82) is 0 Å². The van der Waals surface area contributed by atoms with E-state index in [4.69, 9.17) is 5.73 Å². The van der Waals surface area contributed by atoms with E-state index in [0.717, 1.165) is 11.1 Å². The number of sulfonamides is 1. The Morgan fingerprint density at radius 2 is 1.65 bits per heavy atom. The van der Waals surface area contributed by atoms with Gasteiger partial charge in [-0.15, -0.1) is 0 Å². The summed E-state index contributed by atoms with van der Waals surface area (Å²) in [7, 11) is -3.48. The normalized spacial score (nSPS) is 11.3. The van der Waals surface area contributed by atoms with Crippen LogP contribution in [0.25, 0.3) is 0 Å². The number of nitrogens with two attached hydrogens (primary N) is 1. The second-order valence-electron chi connectivity index (χ2n) is 4.88. The summed E-state index contributed by atoms with van der Waals surface area (Å²) in [5.74, 6) is 0. The first-order chi connectivity index (χ1) is 9.30. The minimum atomic E-state index is -3.48. The Labute approximate surface area is 119 Å². The first-order valence-electron chi connectivity index (χ1n) is 6.23. The molecular weight excluding hydrogens is 272 g/mol. The van der Waals surface area contributed by atoms with Crippen molar-refractivity contribution in [1.82, 2.24) is 0 Å². The van der Waals surface area contributed by atoms with Crippen LogP contribution >= 0.6 is 0 Å². The Kier molecular flexibility index (Phi) is 3.72. The molecule has 106 valence electrons. The molecule has 2 aromatic carbocycles. The fraction of sp³-hybridized carbons (Fsp3) is 0.200. The fourth-order valence-electron chi connectivity index (χ4n) is 2.10. The fourth-order valence-corrected chi connectivity index (χ4v) is 3.18. The zero-order valence-electron chi connectivity index (χ0n) is 11.8. The van der Waals surface area contributed by atoms with Crippen molar-refractivity contribution in [2.45, 2.75) is 13.8 Å². The first-order valence-corrected chi connectivity index (χ1v) is 8.07. The molecule has 2 rings (SSSR count). The van der Waals surface area contributed by atoms with Crippen LogP contribution in [0.5, 0.6) is 0 Å². The molecule has 2 aromatic rings. The van der Waals surface area contributed by atoms with Crippen molar-refractivity contribution in [3.05, 3.63) is 53.6 Å². The van der Waals surface area contributed by atoms with Crippen molar-refractivity contribution in [2.75, 3.05) is 16.3 Å². The Morgan fingerprint density at radius 1 is 1.00 bits per heavy atom. The van der Waals surface area contributed by atoms with E-state index >= 15 is 0 Å². The number of nitrogen functional groups attached to an aromatic ring is 1. The van der Waals surface area contributed by atoms with Gasteiger partial charge < -0.3 is 5.73 Å². The van der Waals surface area contributed by atoms with Gasteiger partial charge in [-0.25, -0.2) is 12.7 Å². The Balaban J connectivity index is 2.73. The van der Waals surface area contributed by atoms with Crippen molar-refractivity contribution in [3.63, 3.8) is 0 Å². The molecule has 20 heavy (non-hydrogen) atoms. The molecule has 0 bridgehead atoms. The summed E-state index contributed by atoms with van der Waals surface area (Å²) in [5.41, 5.74) is 9.35. The molecule has 0 radical (unpaired) electrons. The average Bonchev–Trinajstić information content (AvgIpc) is 2.35. The van der Waals surface area contributed by atoms with Crippen LogP contribution < -0.4 is 10.0 Å². The standard InChI is InChI=1S/C15H18N2O2S/c1-11-8-9-12(2)15(10-11)17(20(3,18)19)14-7-5-4-6-13(14)16/h4-10H,16H2,1-3H3. The largest absolute Gasteiger partial charge is 0.397 e. The van der Waals surface area contributed by atoms with Crippen LogP contribution in [0.3, 0.4) is 0 Å². The van der Waals surface area contributed by atoms with Gasteiger partial charge in [-0.3, -0.25) is 0 Å². The third-order valence-corrected chi connectivity index (χ3v) is 4.13. The monoisotopic (exact) mass is 290 g/mol. The van der Waals surface area contributed by atoms with Crippen LogP contribution in [0, 0.1) is 13.8 Å². The zero-order chi connectivity index (χ0) is 14.9. The van der Waals surface area contributed by atoms with Gasteiger partial charge in [0.15, 0.2) is 0 Å². The van der Waals surface area contributed by atoms with E-state index in [2.05, 4.69) is 0 Å². The zero-order valence-corrected chi connectivity index (χ0v) is 12.6. The number of hydrogen-bond donors (Lipinski definition) is 1. The quantitative estimate of drug-likeness (QED) is 0.884. The SMILES string of the molecule is Cc1ccc(C)c(N(c2ccccc2N)S(C)(=O)=O)c1. The van der Waals surface area contributed by atoms with Crippen molar-refractivity contribution in [3.8, 4) is 0 Å². The molecule has 5 heteroatoms. The van der Waals surface area contributed by atoms with Crippen LogP contribution in [-0.2, 0) is 10.0 Å². The molecule has 0 saturated heterocycles. The summed E-state index contributed by atoms with van der Waals surface area (Å²) in [5, 5.41) is 0. The van der Waals surface area contributed by atoms with Crippen molar-refractivity contribution < 1.29 is 8.42 Å². The highest BCUT2D eigenvalue weighted by Gasteiger charge is 2.23. The van der Waals surface area contributed by atoms with Gasteiger partial charge in [0.25, 0.3) is 0 Å². The van der Waals surface area contributed by atoms with E-state index in [1.807, 2.05) is 32.0 Å². The highest BCUT2D eigenvalue weighted by Crippen LogP contribution is 2.35. The molecule has 0 saturated carbocycles. The van der Waals surface area contributed by atoms with Gasteiger partial charge in [0, 0.05) is 0 Å². The second kappa shape index (κ2) is 5.17. The Bertz CT molecular complexity index is 739. The van der Waals surface area contributed by atoms with Crippen molar-refractivity contribution >= 4 is 27.1 Å². The predicted octanol–water partition coefficient (Wildman–Crippen LogP) is 2.98. The molecule has 0 fully saturated rings. The predicted molar refractivity (Wildman–Crippen MR) is 83.8 cm³/mol. The van der Waals surface area contributed by atoms with Gasteiger partial charge in [-0.1, -0.05) is 24.3 Å². The topological polar surface area (TPSA) is 63.4 Å². The van der Waals surface area contributed by atoms with E-state index in [1.54, 1.807) is 24.3 Å². The van der Waals surface area contributed by atoms with Crippen LogP contribution in [0.2, 0.25) is 0 Å². The molecule has 4 nitrogen and oxygen atoms in total. The maximum Gasteiger partial charge on any atom is 0.236 e. The number of rotatable bonds is 3. The number of anilines is 3. The maximum absolute atomic E-state index is 12.2. The summed E-state index contributed by atoms with van der Waals surface area (Å²) < 4.78 is 25.7. The van der Waals surface area contributed by atoms with Gasteiger partial charge in [0.05, 0.1) is 23.3 Å². The molecule has 0 heterocycles. The minimum absolute atomic E-state index is 0.429. The van der Waals surface area contributed by atoms with Crippen LogP contribution in [0.15, 0.2) is 42.5 Å². The Hall–Kier alpha value is -2.01. The van der Waals surface area contributed by atoms with E-state index < -0.39 is 10.0 Å². The molecular formula is C15H18N2O2S. The minimum Gasteiger partial charge on any atom is -0.397 e. The van der Waals surface area contributed by atoms with Crippen molar-refractivity contribution in [2.24, 2.45) is 0 Å². The third-order valence-electron chi connectivity index (χ3n) is 3.07. The highest BCUT2D eigenvalue weighted by molar-refractivity contribution is 7.92. The molecule has 0 atom stereocenters. The van der Waals surface area contributed by atoms with E-state index in [-0.39, 0.29) is 0 Å². The number of para-hydroxylation sites is 2. The van der Waals surface area contributed by atoms with Crippen LogP contribution in [0.1, 0.15) is 11.1 Å². The number of nitrogens with zero attached hydrogens (tertiary/aromatic N) is 1. The number of aryl methyl sites for hydroxylation is 2. The molecule has 0 aliphatic carbocycles. The van der Waals surface area contributed by atoms with E-state index in [1.165, 1.54) is 10.6 Å². The molecule has 2 N–H and O–H groups in total. The summed E-state index contributed by atoms with van der Waals surface area (Å²) in [4.78, 5) is 0. The lowest BCUT2D eigenvalue weighted by Gasteiger charge is -2.25. The lowest BCUT2D eigenvalue weighted by Crippen LogP contribution is -2.26. The molecule has 0 spiro atoms. The van der Waals surface area contributed by atoms with Gasteiger partial charge in [0.1, 0.15) is 0 Å². The van der Waals surface area contributed by atoms with E-state index in [0.29, 0.717) is 17.1 Å². The Morgan fingerprint density at radius 3 is 2.25 bits per heavy atom. The molecule has 0 unspecified atom stereocenters. The van der Waals surface area contributed by atoms with Gasteiger partial charge in [-0.05, 0) is 43.2 Å². The molecule has 0 aromatic heterocycles.